The highest BCUT2D eigenvalue weighted by Gasteiger charge is 2.25. The maximum atomic E-state index is 14.5. The summed E-state index contributed by atoms with van der Waals surface area (Å²) < 4.78 is 26.5. The summed E-state index contributed by atoms with van der Waals surface area (Å²) in [4.78, 5) is 29.3. The number of ether oxygens (including phenoxy) is 2. The van der Waals surface area contributed by atoms with E-state index in [1.807, 2.05) is 35.7 Å². The number of hydrogen-bond acceptors (Lipinski definition) is 7. The Morgan fingerprint density at radius 3 is 2.84 bits per heavy atom. The SMILES string of the molecule is C=CC(=O)NCc1cc(-c2nc(-c3ccc4c(c3)CCNC4=O)c3ccsc3c2-c2ccc(F)cc2OCCOC)n[nH]1. The predicted octanol–water partition coefficient (Wildman–Crippen LogP) is 5.27. The fraction of sp³-hybridized carbons (Fsp3) is 0.188. The number of methoxy groups -OCH3 is 1. The third-order valence-electron chi connectivity index (χ3n) is 7.18. The third kappa shape index (κ3) is 5.64. The van der Waals surface area contributed by atoms with E-state index in [-0.39, 0.29) is 25.0 Å². The van der Waals surface area contributed by atoms with Gasteiger partial charge in [0.15, 0.2) is 0 Å². The molecule has 2 amide bonds. The van der Waals surface area contributed by atoms with Crippen LogP contribution in [0.15, 0.2) is 66.6 Å². The monoisotopic (exact) mass is 597 g/mol. The molecule has 0 atom stereocenters. The summed E-state index contributed by atoms with van der Waals surface area (Å²) in [5.74, 6) is -0.455. The van der Waals surface area contributed by atoms with E-state index in [1.54, 1.807) is 13.2 Å². The number of thiophene rings is 1. The van der Waals surface area contributed by atoms with Gasteiger partial charge < -0.3 is 20.1 Å². The minimum atomic E-state index is -0.428. The van der Waals surface area contributed by atoms with Gasteiger partial charge in [0.25, 0.3) is 5.91 Å². The van der Waals surface area contributed by atoms with E-state index in [9.17, 15) is 14.0 Å². The number of rotatable bonds is 10. The van der Waals surface area contributed by atoms with Crippen LogP contribution in [0.25, 0.3) is 43.9 Å². The zero-order valence-electron chi connectivity index (χ0n) is 23.3. The van der Waals surface area contributed by atoms with Crippen molar-refractivity contribution in [3.8, 4) is 39.5 Å². The number of fused-ring (bicyclic) bond motifs is 2. The summed E-state index contributed by atoms with van der Waals surface area (Å²) >= 11 is 1.54. The summed E-state index contributed by atoms with van der Waals surface area (Å²) in [7, 11) is 1.57. The number of aromatic amines is 1. The highest BCUT2D eigenvalue weighted by Crippen LogP contribution is 2.46. The summed E-state index contributed by atoms with van der Waals surface area (Å²) in [6.45, 7) is 4.86. The van der Waals surface area contributed by atoms with Gasteiger partial charge in [-0.25, -0.2) is 9.37 Å². The Morgan fingerprint density at radius 1 is 1.14 bits per heavy atom. The quantitative estimate of drug-likeness (QED) is 0.149. The second-order valence-electron chi connectivity index (χ2n) is 9.91. The first-order chi connectivity index (χ1) is 21.0. The van der Waals surface area contributed by atoms with Crippen molar-refractivity contribution in [3.05, 3.63) is 89.2 Å². The molecule has 6 rings (SSSR count). The van der Waals surface area contributed by atoms with Crippen LogP contribution in [0.5, 0.6) is 5.75 Å². The van der Waals surface area contributed by atoms with Crippen LogP contribution in [0.4, 0.5) is 4.39 Å². The molecule has 1 aliphatic heterocycles. The van der Waals surface area contributed by atoms with Crippen LogP contribution in [0.2, 0.25) is 0 Å². The van der Waals surface area contributed by atoms with Crippen LogP contribution < -0.4 is 15.4 Å². The molecule has 11 heteroatoms. The van der Waals surface area contributed by atoms with Gasteiger partial charge in [-0.1, -0.05) is 12.6 Å². The molecule has 4 heterocycles. The first-order valence-electron chi connectivity index (χ1n) is 13.7. The molecule has 3 aromatic heterocycles. The van der Waals surface area contributed by atoms with Crippen molar-refractivity contribution in [1.29, 1.82) is 0 Å². The molecule has 5 aromatic rings. The summed E-state index contributed by atoms with van der Waals surface area (Å²) in [6.07, 6.45) is 1.93. The number of aromatic nitrogens is 3. The Kier molecular flexibility index (Phi) is 7.99. The molecule has 9 nitrogen and oxygen atoms in total. The van der Waals surface area contributed by atoms with Gasteiger partial charge in [-0.05, 0) is 59.8 Å². The lowest BCUT2D eigenvalue weighted by atomic mass is 9.94. The highest BCUT2D eigenvalue weighted by molar-refractivity contribution is 7.18. The van der Waals surface area contributed by atoms with Gasteiger partial charge in [0.2, 0.25) is 5.91 Å². The number of carbonyl (C=O) groups is 2. The molecule has 2 aromatic carbocycles. The first-order valence-corrected chi connectivity index (χ1v) is 14.5. The normalized spacial score (nSPS) is 12.6. The molecule has 218 valence electrons. The van der Waals surface area contributed by atoms with Gasteiger partial charge in [-0.2, -0.15) is 5.10 Å². The molecule has 0 bridgehead atoms. The van der Waals surface area contributed by atoms with Crippen molar-refractivity contribution in [2.75, 3.05) is 26.9 Å². The first kappa shape index (κ1) is 28.3. The van der Waals surface area contributed by atoms with Crippen molar-refractivity contribution in [2.24, 2.45) is 0 Å². The van der Waals surface area contributed by atoms with Crippen molar-refractivity contribution >= 4 is 33.2 Å². The smallest absolute Gasteiger partial charge is 0.251 e. The lowest BCUT2D eigenvalue weighted by molar-refractivity contribution is -0.116. The molecule has 0 fully saturated rings. The Morgan fingerprint density at radius 2 is 2.00 bits per heavy atom. The van der Waals surface area contributed by atoms with E-state index < -0.39 is 5.82 Å². The Labute approximate surface area is 250 Å². The summed E-state index contributed by atoms with van der Waals surface area (Å²) in [6, 6.07) is 14.0. The Hall–Kier alpha value is -4.87. The van der Waals surface area contributed by atoms with Crippen molar-refractivity contribution in [3.63, 3.8) is 0 Å². The van der Waals surface area contributed by atoms with Crippen LogP contribution in [-0.2, 0) is 22.5 Å². The molecule has 0 spiro atoms. The standard InChI is InChI=1S/C32H28FN5O4S/c1-3-27(39)35-17-21-16-25(38-37-21)30-28(23-7-5-20(33)15-26(23)42-12-11-41-2)31-24(9-13-43-31)29(36-30)19-4-6-22-18(14-19)8-10-34-32(22)40/h3-7,9,13-16H,1,8,10-12,17H2,2H3,(H,34,40)(H,35,39)(H,37,38). The van der Waals surface area contributed by atoms with Crippen LogP contribution in [0, 0.1) is 5.82 Å². The lowest BCUT2D eigenvalue weighted by Crippen LogP contribution is -2.31. The number of carbonyl (C=O) groups excluding carboxylic acids is 2. The summed E-state index contributed by atoms with van der Waals surface area (Å²) in [5, 5.41) is 16.1. The molecular formula is C32H28FN5O4S. The van der Waals surface area contributed by atoms with Gasteiger partial charge in [-0.3, -0.25) is 14.7 Å². The summed E-state index contributed by atoms with van der Waals surface area (Å²) in [5.41, 5.74) is 6.39. The Balaban J connectivity index is 1.56. The van der Waals surface area contributed by atoms with Crippen molar-refractivity contribution in [1.82, 2.24) is 25.8 Å². The fourth-order valence-electron chi connectivity index (χ4n) is 5.14. The molecule has 0 radical (unpaired) electrons. The maximum absolute atomic E-state index is 14.5. The number of nitrogens with zero attached hydrogens (tertiary/aromatic N) is 2. The number of pyridine rings is 1. The van der Waals surface area contributed by atoms with Crippen LogP contribution in [0.3, 0.4) is 0 Å². The van der Waals surface area contributed by atoms with Crippen LogP contribution in [0.1, 0.15) is 21.6 Å². The molecule has 1 aliphatic rings. The highest BCUT2D eigenvalue weighted by atomic mass is 32.1. The van der Waals surface area contributed by atoms with Crippen molar-refractivity contribution in [2.45, 2.75) is 13.0 Å². The fourth-order valence-corrected chi connectivity index (χ4v) is 6.10. The number of nitrogens with one attached hydrogen (secondary N) is 3. The number of H-pyrrole nitrogens is 1. The van der Waals surface area contributed by atoms with Gasteiger partial charge in [0.05, 0.1) is 24.5 Å². The molecular weight excluding hydrogens is 569 g/mol. The van der Waals surface area contributed by atoms with Gasteiger partial charge in [-0.15, -0.1) is 11.3 Å². The number of hydrogen-bond donors (Lipinski definition) is 3. The number of benzene rings is 2. The van der Waals surface area contributed by atoms with Crippen LogP contribution >= 0.6 is 11.3 Å². The van der Waals surface area contributed by atoms with Gasteiger partial charge >= 0.3 is 0 Å². The molecule has 3 N–H and O–H groups in total. The second-order valence-corrected chi connectivity index (χ2v) is 10.8. The largest absolute Gasteiger partial charge is 0.490 e. The third-order valence-corrected chi connectivity index (χ3v) is 8.11. The van der Waals surface area contributed by atoms with E-state index in [2.05, 4.69) is 27.4 Å². The minimum Gasteiger partial charge on any atom is -0.490 e. The number of halogens is 1. The average molecular weight is 598 g/mol. The van der Waals surface area contributed by atoms with Gasteiger partial charge in [0.1, 0.15) is 29.6 Å². The van der Waals surface area contributed by atoms with E-state index >= 15 is 0 Å². The molecule has 0 saturated heterocycles. The number of amides is 2. The van der Waals surface area contributed by atoms with E-state index in [0.717, 1.165) is 38.9 Å². The molecule has 0 unspecified atom stereocenters. The zero-order chi connectivity index (χ0) is 29.9. The Bertz CT molecular complexity index is 1860. The van der Waals surface area contributed by atoms with E-state index in [1.165, 1.54) is 29.5 Å². The zero-order valence-corrected chi connectivity index (χ0v) is 24.1. The van der Waals surface area contributed by atoms with Gasteiger partial charge in [0, 0.05) is 52.1 Å². The predicted molar refractivity (Wildman–Crippen MR) is 163 cm³/mol. The molecule has 0 saturated carbocycles. The average Bonchev–Trinajstić information content (AvgIpc) is 3.70. The lowest BCUT2D eigenvalue weighted by Gasteiger charge is -2.19. The second kappa shape index (κ2) is 12.2. The van der Waals surface area contributed by atoms with Crippen molar-refractivity contribution < 1.29 is 23.5 Å². The molecule has 0 aliphatic carbocycles. The molecule has 43 heavy (non-hydrogen) atoms. The van der Waals surface area contributed by atoms with E-state index in [0.29, 0.717) is 47.1 Å². The maximum Gasteiger partial charge on any atom is 0.251 e. The van der Waals surface area contributed by atoms with Crippen LogP contribution in [-0.4, -0.2) is 53.9 Å². The minimum absolute atomic E-state index is 0.0811. The van der Waals surface area contributed by atoms with E-state index in [4.69, 9.17) is 14.5 Å². The topological polar surface area (TPSA) is 118 Å².